The largest absolute Gasteiger partial charge is 0.368 e. The van der Waals surface area contributed by atoms with Crippen LogP contribution >= 0.6 is 0 Å². The Morgan fingerprint density at radius 3 is 2.33 bits per heavy atom. The highest BCUT2D eigenvalue weighted by Crippen LogP contribution is 2.28. The first-order valence-electron chi connectivity index (χ1n) is 11.4. The number of fused-ring (bicyclic) bond motifs is 1. The summed E-state index contributed by atoms with van der Waals surface area (Å²) in [5.41, 5.74) is 6.92. The molecule has 2 aromatic heterocycles. The Bertz CT molecular complexity index is 1320. The van der Waals surface area contributed by atoms with E-state index in [1.54, 1.807) is 6.07 Å². The van der Waals surface area contributed by atoms with Gasteiger partial charge in [-0.1, -0.05) is 24.3 Å². The maximum atomic E-state index is 13.6. The maximum Gasteiger partial charge on any atom is 0.254 e. The van der Waals surface area contributed by atoms with Crippen LogP contribution in [-0.2, 0) is 6.42 Å². The first kappa shape index (κ1) is 21.4. The van der Waals surface area contributed by atoms with Crippen molar-refractivity contribution in [3.05, 3.63) is 82.1 Å². The summed E-state index contributed by atoms with van der Waals surface area (Å²) >= 11 is 0. The molecule has 0 atom stereocenters. The number of aromatic nitrogens is 4. The number of piperazine rings is 1. The van der Waals surface area contributed by atoms with Gasteiger partial charge in [0.05, 0.1) is 0 Å². The zero-order chi connectivity index (χ0) is 23.1. The number of anilines is 2. The summed E-state index contributed by atoms with van der Waals surface area (Å²) < 4.78 is 15.5. The molecule has 7 heteroatoms. The van der Waals surface area contributed by atoms with Crippen molar-refractivity contribution < 1.29 is 4.39 Å². The summed E-state index contributed by atoms with van der Waals surface area (Å²) in [6.45, 7) is 12.2. The van der Waals surface area contributed by atoms with Crippen LogP contribution < -0.4 is 9.80 Å². The summed E-state index contributed by atoms with van der Waals surface area (Å²) in [5.74, 6) is 2.05. The third-order valence-electron chi connectivity index (χ3n) is 6.73. The van der Waals surface area contributed by atoms with Gasteiger partial charge in [0.15, 0.2) is 5.82 Å². The lowest BCUT2D eigenvalue weighted by Gasteiger charge is -2.38. The van der Waals surface area contributed by atoms with E-state index in [1.807, 2.05) is 17.5 Å². The van der Waals surface area contributed by atoms with Crippen molar-refractivity contribution in [2.75, 3.05) is 36.0 Å². The van der Waals surface area contributed by atoms with Crippen LogP contribution in [0.1, 0.15) is 33.8 Å². The SMILES string of the molecule is Cc1cccc(N2CCN(c3c(C)c(C)nc4nc(Cc5cccc(F)c5)nn34)CC2)c1C. The van der Waals surface area contributed by atoms with Crippen molar-refractivity contribution in [1.82, 2.24) is 19.6 Å². The first-order valence-corrected chi connectivity index (χ1v) is 11.4. The van der Waals surface area contributed by atoms with E-state index in [9.17, 15) is 4.39 Å². The van der Waals surface area contributed by atoms with Gasteiger partial charge < -0.3 is 9.80 Å². The average Bonchev–Trinajstić information content (AvgIpc) is 3.18. The summed E-state index contributed by atoms with van der Waals surface area (Å²) in [6.07, 6.45) is 0.471. The van der Waals surface area contributed by atoms with E-state index in [0.29, 0.717) is 18.0 Å². The highest BCUT2D eigenvalue weighted by atomic mass is 19.1. The molecule has 33 heavy (non-hydrogen) atoms. The van der Waals surface area contributed by atoms with Gasteiger partial charge in [-0.05, 0) is 62.6 Å². The molecule has 1 fully saturated rings. The van der Waals surface area contributed by atoms with Crippen molar-refractivity contribution >= 4 is 17.3 Å². The maximum absolute atomic E-state index is 13.6. The Morgan fingerprint density at radius 1 is 0.848 bits per heavy atom. The van der Waals surface area contributed by atoms with Gasteiger partial charge >= 0.3 is 0 Å². The van der Waals surface area contributed by atoms with Crippen LogP contribution in [0.3, 0.4) is 0 Å². The zero-order valence-electron chi connectivity index (χ0n) is 19.6. The fourth-order valence-corrected chi connectivity index (χ4v) is 4.63. The molecular formula is C26H29FN6. The molecule has 0 N–H and O–H groups in total. The summed E-state index contributed by atoms with van der Waals surface area (Å²) in [6, 6.07) is 13.1. The number of aryl methyl sites for hydroxylation is 2. The number of hydrogen-bond donors (Lipinski definition) is 0. The van der Waals surface area contributed by atoms with Crippen molar-refractivity contribution in [3.63, 3.8) is 0 Å². The predicted molar refractivity (Wildman–Crippen MR) is 130 cm³/mol. The molecule has 4 aromatic rings. The Hall–Kier alpha value is -3.48. The molecule has 6 nitrogen and oxygen atoms in total. The van der Waals surface area contributed by atoms with E-state index in [2.05, 4.69) is 58.7 Å². The second-order valence-electron chi connectivity index (χ2n) is 8.89. The van der Waals surface area contributed by atoms with E-state index < -0.39 is 0 Å². The molecule has 0 unspecified atom stereocenters. The molecule has 0 spiro atoms. The first-order chi connectivity index (χ1) is 15.9. The number of nitrogens with zero attached hydrogens (tertiary/aromatic N) is 6. The molecule has 5 rings (SSSR count). The summed E-state index contributed by atoms with van der Waals surface area (Å²) in [5, 5.41) is 4.78. The Balaban J connectivity index is 1.43. The minimum absolute atomic E-state index is 0.247. The van der Waals surface area contributed by atoms with Gasteiger partial charge in [-0.25, -0.2) is 9.37 Å². The van der Waals surface area contributed by atoms with Crippen molar-refractivity contribution in [1.29, 1.82) is 0 Å². The molecule has 2 aromatic carbocycles. The van der Waals surface area contributed by atoms with E-state index in [-0.39, 0.29) is 5.82 Å². The van der Waals surface area contributed by atoms with E-state index in [0.717, 1.165) is 48.8 Å². The summed E-state index contributed by atoms with van der Waals surface area (Å²) in [7, 11) is 0. The number of halogens is 1. The molecule has 0 amide bonds. The van der Waals surface area contributed by atoms with Crippen LogP contribution in [-0.4, -0.2) is 45.8 Å². The molecule has 0 aliphatic carbocycles. The third kappa shape index (κ3) is 4.03. The Morgan fingerprint density at radius 2 is 1.58 bits per heavy atom. The normalized spacial score (nSPS) is 14.3. The average molecular weight is 445 g/mol. The molecular weight excluding hydrogens is 415 g/mol. The lowest BCUT2D eigenvalue weighted by molar-refractivity contribution is 0.625. The van der Waals surface area contributed by atoms with E-state index in [1.165, 1.54) is 28.9 Å². The second-order valence-corrected chi connectivity index (χ2v) is 8.89. The smallest absolute Gasteiger partial charge is 0.254 e. The number of benzene rings is 2. The highest BCUT2D eigenvalue weighted by molar-refractivity contribution is 5.59. The van der Waals surface area contributed by atoms with Gasteiger partial charge in [-0.2, -0.15) is 9.50 Å². The highest BCUT2D eigenvalue weighted by Gasteiger charge is 2.24. The monoisotopic (exact) mass is 444 g/mol. The van der Waals surface area contributed by atoms with Gasteiger partial charge in [-0.3, -0.25) is 0 Å². The van der Waals surface area contributed by atoms with Crippen LogP contribution in [0.15, 0.2) is 42.5 Å². The van der Waals surface area contributed by atoms with Crippen LogP contribution in [0, 0.1) is 33.5 Å². The fraction of sp³-hybridized carbons (Fsp3) is 0.346. The molecule has 1 saturated heterocycles. The molecule has 1 aliphatic heterocycles. The quantitative estimate of drug-likeness (QED) is 0.467. The van der Waals surface area contributed by atoms with E-state index >= 15 is 0 Å². The second kappa shape index (κ2) is 8.46. The van der Waals surface area contributed by atoms with Gasteiger partial charge in [0, 0.05) is 49.5 Å². The van der Waals surface area contributed by atoms with E-state index in [4.69, 9.17) is 5.10 Å². The lowest BCUT2D eigenvalue weighted by Crippen LogP contribution is -2.47. The molecule has 0 saturated carbocycles. The van der Waals surface area contributed by atoms with Crippen LogP contribution in [0.4, 0.5) is 15.9 Å². The fourth-order valence-electron chi connectivity index (χ4n) is 4.63. The molecule has 0 radical (unpaired) electrons. The number of hydrogen-bond acceptors (Lipinski definition) is 5. The van der Waals surface area contributed by atoms with Crippen LogP contribution in [0.5, 0.6) is 0 Å². The van der Waals surface area contributed by atoms with Gasteiger partial charge in [0.2, 0.25) is 0 Å². The Labute approximate surface area is 193 Å². The van der Waals surface area contributed by atoms with Gasteiger partial charge in [0.1, 0.15) is 11.6 Å². The van der Waals surface area contributed by atoms with Gasteiger partial charge in [-0.15, -0.1) is 5.10 Å². The number of rotatable bonds is 4. The molecule has 3 heterocycles. The minimum atomic E-state index is -0.247. The lowest BCUT2D eigenvalue weighted by atomic mass is 10.1. The van der Waals surface area contributed by atoms with Gasteiger partial charge in [0.25, 0.3) is 5.78 Å². The zero-order valence-corrected chi connectivity index (χ0v) is 19.6. The predicted octanol–water partition coefficient (Wildman–Crippen LogP) is 4.41. The standard InChI is InChI=1S/C26H29FN6/c1-17-7-5-10-23(18(17)2)31-11-13-32(14-12-31)25-19(3)20(4)28-26-29-24(30-33(25)26)16-21-8-6-9-22(27)15-21/h5-10,15H,11-14,16H2,1-4H3. The summed E-state index contributed by atoms with van der Waals surface area (Å²) in [4.78, 5) is 14.2. The Kier molecular flexibility index (Phi) is 5.48. The van der Waals surface area contributed by atoms with Crippen LogP contribution in [0.2, 0.25) is 0 Å². The van der Waals surface area contributed by atoms with Crippen molar-refractivity contribution in [2.45, 2.75) is 34.1 Å². The topological polar surface area (TPSA) is 49.6 Å². The molecule has 1 aliphatic rings. The minimum Gasteiger partial charge on any atom is -0.368 e. The van der Waals surface area contributed by atoms with Crippen molar-refractivity contribution in [3.8, 4) is 0 Å². The molecule has 170 valence electrons. The third-order valence-corrected chi connectivity index (χ3v) is 6.73. The van der Waals surface area contributed by atoms with Crippen molar-refractivity contribution in [2.24, 2.45) is 0 Å². The van der Waals surface area contributed by atoms with Crippen LogP contribution in [0.25, 0.3) is 5.78 Å². The molecule has 0 bridgehead atoms.